The van der Waals surface area contributed by atoms with E-state index in [1.807, 2.05) is 0 Å². The van der Waals surface area contributed by atoms with Gasteiger partial charge in [0.1, 0.15) is 0 Å². The summed E-state index contributed by atoms with van der Waals surface area (Å²) in [4.78, 5) is 12.9. The first-order chi connectivity index (χ1) is 15.5. The fourth-order valence-corrected chi connectivity index (χ4v) is 5.45. The molecule has 1 heterocycles. The Kier molecular flexibility index (Phi) is 8.04. The molecule has 0 bridgehead atoms. The van der Waals surface area contributed by atoms with Gasteiger partial charge in [-0.25, -0.2) is 8.42 Å². The van der Waals surface area contributed by atoms with Gasteiger partial charge in [0, 0.05) is 44.3 Å². The van der Waals surface area contributed by atoms with Crippen LogP contribution < -0.4 is 5.32 Å². The van der Waals surface area contributed by atoms with Crippen LogP contribution in [0, 0.1) is 5.92 Å². The fourth-order valence-electron chi connectivity index (χ4n) is 3.83. The van der Waals surface area contributed by atoms with Crippen molar-refractivity contribution >= 4 is 27.5 Å². The van der Waals surface area contributed by atoms with Gasteiger partial charge in [0.05, 0.1) is 16.4 Å². The number of carbonyl (C=O) groups excluding carboxylic acids is 1. The van der Waals surface area contributed by atoms with Gasteiger partial charge in [-0.3, -0.25) is 4.79 Å². The number of hydrogen-bond acceptors (Lipinski definition) is 4. The van der Waals surface area contributed by atoms with Crippen molar-refractivity contribution < 1.29 is 31.1 Å². The number of hydrogen-bond donors (Lipinski definition) is 1. The highest BCUT2D eigenvalue weighted by Gasteiger charge is 2.44. The molecule has 1 N–H and O–H groups in total. The quantitative estimate of drug-likeness (QED) is 0.553. The Morgan fingerprint density at radius 3 is 2.52 bits per heavy atom. The Balaban J connectivity index is 1.91. The zero-order chi connectivity index (χ0) is 24.2. The highest BCUT2D eigenvalue weighted by molar-refractivity contribution is 7.89. The first-order valence-electron chi connectivity index (χ1n) is 10.2. The van der Waals surface area contributed by atoms with E-state index >= 15 is 0 Å². The fraction of sp³-hybridized carbons (Fsp3) is 0.409. The van der Waals surface area contributed by atoms with Gasteiger partial charge >= 0.3 is 6.18 Å². The van der Waals surface area contributed by atoms with Crippen molar-refractivity contribution in [3.8, 4) is 0 Å². The number of methoxy groups -OCH3 is 1. The molecule has 1 aliphatic rings. The van der Waals surface area contributed by atoms with Crippen molar-refractivity contribution in [3.05, 3.63) is 64.7 Å². The van der Waals surface area contributed by atoms with Crippen LogP contribution in [0.5, 0.6) is 0 Å². The van der Waals surface area contributed by atoms with Crippen molar-refractivity contribution in [2.45, 2.75) is 23.4 Å². The number of ether oxygens (including phenoxy) is 1. The number of sulfonamides is 1. The zero-order valence-corrected chi connectivity index (χ0v) is 19.4. The second-order valence-corrected chi connectivity index (χ2v) is 10.1. The predicted octanol–water partition coefficient (Wildman–Crippen LogP) is 3.92. The van der Waals surface area contributed by atoms with Crippen LogP contribution in [0.1, 0.15) is 23.5 Å². The summed E-state index contributed by atoms with van der Waals surface area (Å²) >= 11 is 5.85. The van der Waals surface area contributed by atoms with Gasteiger partial charge in [0.15, 0.2) is 0 Å². The van der Waals surface area contributed by atoms with Crippen molar-refractivity contribution in [1.29, 1.82) is 0 Å². The van der Waals surface area contributed by atoms with Gasteiger partial charge in [0.2, 0.25) is 15.9 Å². The molecule has 3 rings (SSSR count). The Morgan fingerprint density at radius 1 is 1.18 bits per heavy atom. The van der Waals surface area contributed by atoms with Crippen LogP contribution in [-0.4, -0.2) is 52.0 Å². The third-order valence-corrected chi connectivity index (χ3v) is 7.64. The van der Waals surface area contributed by atoms with Crippen LogP contribution in [0.15, 0.2) is 53.4 Å². The Labute approximate surface area is 195 Å². The van der Waals surface area contributed by atoms with Gasteiger partial charge in [0.25, 0.3) is 0 Å². The maximum Gasteiger partial charge on any atom is 0.416 e. The summed E-state index contributed by atoms with van der Waals surface area (Å²) in [6, 6.07) is 10.3. The monoisotopic (exact) mass is 504 g/mol. The smallest absolute Gasteiger partial charge is 0.385 e. The molecule has 2 atom stereocenters. The lowest BCUT2D eigenvalue weighted by atomic mass is 9.87. The molecule has 2 aromatic carbocycles. The van der Waals surface area contributed by atoms with Crippen LogP contribution in [0.4, 0.5) is 13.2 Å². The highest BCUT2D eigenvalue weighted by atomic mass is 35.5. The summed E-state index contributed by atoms with van der Waals surface area (Å²) in [5.74, 6) is -2.00. The summed E-state index contributed by atoms with van der Waals surface area (Å²) in [6.07, 6.45) is -4.00. The van der Waals surface area contributed by atoms with E-state index in [-0.39, 0.29) is 23.5 Å². The average molecular weight is 505 g/mol. The Morgan fingerprint density at radius 2 is 1.88 bits per heavy atom. The van der Waals surface area contributed by atoms with E-state index in [0.29, 0.717) is 24.6 Å². The number of nitrogens with one attached hydrogen (secondary N) is 1. The molecule has 2 aromatic rings. The molecule has 1 fully saturated rings. The first-order valence-corrected chi connectivity index (χ1v) is 12.1. The van der Waals surface area contributed by atoms with Gasteiger partial charge < -0.3 is 10.1 Å². The maximum atomic E-state index is 13.3. The number of carbonyl (C=O) groups is 1. The zero-order valence-electron chi connectivity index (χ0n) is 17.8. The lowest BCUT2D eigenvalue weighted by Crippen LogP contribution is -2.36. The summed E-state index contributed by atoms with van der Waals surface area (Å²) in [6.45, 7) is 0.464. The average Bonchev–Trinajstić information content (AvgIpc) is 3.23. The molecule has 0 radical (unpaired) electrons. The summed E-state index contributed by atoms with van der Waals surface area (Å²) < 4.78 is 72.2. The van der Waals surface area contributed by atoms with Crippen molar-refractivity contribution in [2.24, 2.45) is 5.92 Å². The number of benzene rings is 2. The molecule has 180 valence electrons. The topological polar surface area (TPSA) is 75.7 Å². The van der Waals surface area contributed by atoms with Crippen molar-refractivity contribution in [3.63, 3.8) is 0 Å². The van der Waals surface area contributed by atoms with E-state index in [1.165, 1.54) is 43.5 Å². The third-order valence-electron chi connectivity index (χ3n) is 5.54. The molecular formula is C22H24ClF3N2O4S. The molecule has 11 heteroatoms. The van der Waals surface area contributed by atoms with Crippen molar-refractivity contribution in [2.75, 3.05) is 33.4 Å². The normalized spacial score (nSPS) is 19.5. The standard InChI is InChI=1S/C22H24ClF3N2O4S/c1-32-11-3-10-27-21(29)20-14-28(33(30,31)18-8-6-17(23)7-9-18)13-19(20)15-4-2-5-16(12-15)22(24,25)26/h2,4-9,12,19-20H,3,10-11,13-14H2,1H3,(H,27,29). The molecule has 0 aliphatic carbocycles. The Bertz CT molecular complexity index is 1080. The van der Waals surface area contributed by atoms with E-state index < -0.39 is 39.5 Å². The summed E-state index contributed by atoms with van der Waals surface area (Å²) in [5, 5.41) is 3.11. The second kappa shape index (κ2) is 10.4. The SMILES string of the molecule is COCCCNC(=O)C1CN(S(=O)(=O)c2ccc(Cl)cc2)CC1c1cccc(C(F)(F)F)c1. The largest absolute Gasteiger partial charge is 0.416 e. The minimum absolute atomic E-state index is 0.00385. The molecule has 0 aromatic heterocycles. The van der Waals surface area contributed by atoms with Crippen LogP contribution in [0.2, 0.25) is 5.02 Å². The Hall–Kier alpha value is -2.14. The van der Waals surface area contributed by atoms with Crippen LogP contribution in [-0.2, 0) is 25.7 Å². The molecule has 1 aliphatic heterocycles. The van der Waals surface area contributed by atoms with Gasteiger partial charge in [-0.1, -0.05) is 29.8 Å². The summed E-state index contributed by atoms with van der Waals surface area (Å²) in [7, 11) is -2.45. The van der Waals surface area contributed by atoms with E-state index in [2.05, 4.69) is 5.32 Å². The molecule has 2 unspecified atom stereocenters. The van der Waals surface area contributed by atoms with E-state index in [0.717, 1.165) is 16.4 Å². The number of amides is 1. The molecular weight excluding hydrogens is 481 g/mol. The first kappa shape index (κ1) is 25.5. The van der Waals surface area contributed by atoms with E-state index in [9.17, 15) is 26.4 Å². The second-order valence-electron chi connectivity index (χ2n) is 7.75. The third kappa shape index (κ3) is 6.06. The molecule has 0 spiro atoms. The predicted molar refractivity (Wildman–Crippen MR) is 117 cm³/mol. The highest BCUT2D eigenvalue weighted by Crippen LogP contribution is 2.38. The van der Waals surface area contributed by atoms with Gasteiger partial charge in [-0.05, 0) is 42.3 Å². The number of alkyl halides is 3. The van der Waals surface area contributed by atoms with Gasteiger partial charge in [-0.15, -0.1) is 0 Å². The number of rotatable bonds is 8. The molecule has 6 nitrogen and oxygen atoms in total. The lowest BCUT2D eigenvalue weighted by Gasteiger charge is -2.19. The molecule has 1 saturated heterocycles. The molecule has 33 heavy (non-hydrogen) atoms. The van der Waals surface area contributed by atoms with Gasteiger partial charge in [-0.2, -0.15) is 17.5 Å². The summed E-state index contributed by atoms with van der Waals surface area (Å²) in [5.41, 5.74) is -0.589. The van der Waals surface area contributed by atoms with E-state index in [1.54, 1.807) is 0 Å². The van der Waals surface area contributed by atoms with Crippen LogP contribution in [0.3, 0.4) is 0 Å². The minimum Gasteiger partial charge on any atom is -0.385 e. The van der Waals surface area contributed by atoms with Crippen LogP contribution in [0.25, 0.3) is 0 Å². The molecule has 1 amide bonds. The number of halogens is 4. The maximum absolute atomic E-state index is 13.3. The lowest BCUT2D eigenvalue weighted by molar-refractivity contribution is -0.137. The van der Waals surface area contributed by atoms with E-state index in [4.69, 9.17) is 16.3 Å². The number of nitrogens with zero attached hydrogens (tertiary/aromatic N) is 1. The van der Waals surface area contributed by atoms with Crippen molar-refractivity contribution in [1.82, 2.24) is 9.62 Å². The van der Waals surface area contributed by atoms with Crippen LogP contribution >= 0.6 is 11.6 Å². The molecule has 0 saturated carbocycles. The minimum atomic E-state index is -4.55.